The molecule has 1 atom stereocenters. The molecule has 0 aliphatic carbocycles. The first kappa shape index (κ1) is 17.1. The number of carbonyl (C=O) groups is 1. The lowest BCUT2D eigenvalue weighted by atomic mass is 10.1. The predicted molar refractivity (Wildman–Crippen MR) is 85.7 cm³/mol. The summed E-state index contributed by atoms with van der Waals surface area (Å²) < 4.78 is 38.5. The van der Waals surface area contributed by atoms with Crippen molar-refractivity contribution >= 4 is 33.5 Å². The Bertz CT molecular complexity index is 928. The van der Waals surface area contributed by atoms with Crippen molar-refractivity contribution in [2.24, 2.45) is 0 Å². The molecule has 0 aliphatic heterocycles. The van der Waals surface area contributed by atoms with Gasteiger partial charge in [0.25, 0.3) is 0 Å². The van der Waals surface area contributed by atoms with E-state index in [0.717, 1.165) is 11.6 Å². The molecule has 3 aromatic heterocycles. The standard InChI is InChI=1S/C15H11F3N4O2S/c1-7(8-3-2-4-19-6-8)20-14-21-9-5-10(15(16,17)18)25-12(9)11(22-14)13(23)24/h2-7H,1H3,(H,23,24)(H,20,21,22)/t7-/m0/s1. The average molecular weight is 368 g/mol. The van der Waals surface area contributed by atoms with Gasteiger partial charge in [0.2, 0.25) is 5.95 Å². The van der Waals surface area contributed by atoms with Gasteiger partial charge in [0.05, 0.1) is 16.3 Å². The van der Waals surface area contributed by atoms with Crippen LogP contribution in [-0.2, 0) is 6.18 Å². The number of alkyl halides is 3. The van der Waals surface area contributed by atoms with Crippen molar-refractivity contribution in [1.29, 1.82) is 0 Å². The Balaban J connectivity index is 2.03. The van der Waals surface area contributed by atoms with Crippen molar-refractivity contribution < 1.29 is 23.1 Å². The number of nitrogens with zero attached hydrogens (tertiary/aromatic N) is 3. The zero-order chi connectivity index (χ0) is 18.2. The summed E-state index contributed by atoms with van der Waals surface area (Å²) in [5.74, 6) is -1.48. The molecule has 0 spiro atoms. The summed E-state index contributed by atoms with van der Waals surface area (Å²) >= 11 is 0.315. The normalized spacial score (nSPS) is 13.0. The first-order valence-corrected chi connectivity index (χ1v) is 7.86. The minimum Gasteiger partial charge on any atom is -0.476 e. The lowest BCUT2D eigenvalue weighted by molar-refractivity contribution is -0.134. The summed E-state index contributed by atoms with van der Waals surface area (Å²) in [4.78, 5) is 22.3. The van der Waals surface area contributed by atoms with Crippen molar-refractivity contribution in [2.75, 3.05) is 5.32 Å². The van der Waals surface area contributed by atoms with E-state index in [-0.39, 0.29) is 22.2 Å². The minimum atomic E-state index is -4.57. The fraction of sp³-hybridized carbons (Fsp3) is 0.200. The van der Waals surface area contributed by atoms with Crippen LogP contribution in [0, 0.1) is 0 Å². The molecule has 0 bridgehead atoms. The molecule has 0 saturated heterocycles. The largest absolute Gasteiger partial charge is 0.476 e. The molecule has 0 amide bonds. The highest BCUT2D eigenvalue weighted by atomic mass is 32.1. The van der Waals surface area contributed by atoms with Crippen molar-refractivity contribution in [3.05, 3.63) is 46.7 Å². The Labute approximate surface area is 143 Å². The molecule has 0 radical (unpaired) electrons. The third-order valence-electron chi connectivity index (χ3n) is 3.38. The third-order valence-corrected chi connectivity index (χ3v) is 4.56. The smallest absolute Gasteiger partial charge is 0.425 e. The Morgan fingerprint density at radius 2 is 2.12 bits per heavy atom. The molecule has 0 aromatic carbocycles. The number of aromatic nitrogens is 3. The van der Waals surface area contributed by atoms with Crippen LogP contribution in [0.2, 0.25) is 0 Å². The van der Waals surface area contributed by atoms with Gasteiger partial charge in [-0.3, -0.25) is 4.98 Å². The molecule has 3 rings (SSSR count). The predicted octanol–water partition coefficient (Wildman–Crippen LogP) is 3.98. The number of anilines is 1. The number of hydrogen-bond acceptors (Lipinski definition) is 6. The van der Waals surface area contributed by atoms with Crippen LogP contribution in [0.3, 0.4) is 0 Å². The maximum Gasteiger partial charge on any atom is 0.425 e. The van der Waals surface area contributed by atoms with Gasteiger partial charge in [0.15, 0.2) is 5.69 Å². The quantitative estimate of drug-likeness (QED) is 0.724. The second kappa shape index (κ2) is 6.28. The Kier molecular flexibility index (Phi) is 4.29. The van der Waals surface area contributed by atoms with Gasteiger partial charge >= 0.3 is 12.1 Å². The summed E-state index contributed by atoms with van der Waals surface area (Å²) in [6.45, 7) is 1.78. The highest BCUT2D eigenvalue weighted by Crippen LogP contribution is 2.38. The van der Waals surface area contributed by atoms with E-state index in [0.29, 0.717) is 11.3 Å². The molecule has 0 saturated carbocycles. The highest BCUT2D eigenvalue weighted by molar-refractivity contribution is 7.19. The number of fused-ring (bicyclic) bond motifs is 1. The van der Waals surface area contributed by atoms with Crippen LogP contribution in [-0.4, -0.2) is 26.0 Å². The summed E-state index contributed by atoms with van der Waals surface area (Å²) in [5, 5.41) is 12.2. The fourth-order valence-electron chi connectivity index (χ4n) is 2.19. The number of aromatic carboxylic acids is 1. The van der Waals surface area contributed by atoms with Crippen LogP contribution in [0.25, 0.3) is 10.2 Å². The topological polar surface area (TPSA) is 88.0 Å². The van der Waals surface area contributed by atoms with E-state index in [1.165, 1.54) is 0 Å². The first-order valence-electron chi connectivity index (χ1n) is 7.04. The molecule has 130 valence electrons. The minimum absolute atomic E-state index is 0.0622. The number of hydrogen-bond donors (Lipinski definition) is 2. The second-order valence-corrected chi connectivity index (χ2v) is 6.23. The molecule has 6 nitrogen and oxygen atoms in total. The molecule has 25 heavy (non-hydrogen) atoms. The number of rotatable bonds is 4. The number of carboxylic acid groups (broad SMARTS) is 1. The summed E-state index contributed by atoms with van der Waals surface area (Å²) in [5.41, 5.74) is 0.265. The third kappa shape index (κ3) is 3.53. The number of pyridine rings is 1. The summed E-state index contributed by atoms with van der Waals surface area (Å²) in [7, 11) is 0. The zero-order valence-corrected chi connectivity index (χ0v) is 13.5. The van der Waals surface area contributed by atoms with E-state index in [9.17, 15) is 23.1 Å². The Morgan fingerprint density at radius 3 is 2.72 bits per heavy atom. The van der Waals surface area contributed by atoms with Crippen molar-refractivity contribution in [2.45, 2.75) is 19.1 Å². The maximum atomic E-state index is 12.9. The van der Waals surface area contributed by atoms with Gasteiger partial charge in [-0.2, -0.15) is 13.2 Å². The van der Waals surface area contributed by atoms with E-state index in [4.69, 9.17) is 0 Å². The summed E-state index contributed by atoms with van der Waals surface area (Å²) in [6.07, 6.45) is -1.36. The van der Waals surface area contributed by atoms with Gasteiger partial charge in [-0.25, -0.2) is 14.8 Å². The highest BCUT2D eigenvalue weighted by Gasteiger charge is 2.34. The van der Waals surface area contributed by atoms with E-state index in [1.54, 1.807) is 31.5 Å². The average Bonchev–Trinajstić information content (AvgIpc) is 2.99. The van der Waals surface area contributed by atoms with Crippen LogP contribution in [0.4, 0.5) is 19.1 Å². The molecule has 2 N–H and O–H groups in total. The van der Waals surface area contributed by atoms with E-state index >= 15 is 0 Å². The van der Waals surface area contributed by atoms with Crippen LogP contribution in [0.15, 0.2) is 30.6 Å². The Hall–Kier alpha value is -2.75. The van der Waals surface area contributed by atoms with Gasteiger partial charge in [-0.15, -0.1) is 11.3 Å². The molecule has 3 heterocycles. The number of carboxylic acids is 1. The lowest BCUT2D eigenvalue weighted by Crippen LogP contribution is -2.12. The second-order valence-electron chi connectivity index (χ2n) is 5.18. The molecule has 0 fully saturated rings. The molecular weight excluding hydrogens is 357 g/mol. The van der Waals surface area contributed by atoms with Crippen LogP contribution in [0.5, 0.6) is 0 Å². The van der Waals surface area contributed by atoms with Gasteiger partial charge in [0.1, 0.15) is 4.88 Å². The van der Waals surface area contributed by atoms with Crippen LogP contribution in [0.1, 0.15) is 33.9 Å². The van der Waals surface area contributed by atoms with Gasteiger partial charge < -0.3 is 10.4 Å². The SMILES string of the molecule is C[C@H](Nc1nc(C(=O)O)c2sc(C(F)(F)F)cc2n1)c1cccnc1. The number of nitrogens with one attached hydrogen (secondary N) is 1. The summed E-state index contributed by atoms with van der Waals surface area (Å²) in [6, 6.07) is 4.05. The van der Waals surface area contributed by atoms with Crippen molar-refractivity contribution in [1.82, 2.24) is 15.0 Å². The van der Waals surface area contributed by atoms with Gasteiger partial charge in [0, 0.05) is 12.4 Å². The zero-order valence-electron chi connectivity index (χ0n) is 12.7. The van der Waals surface area contributed by atoms with Crippen molar-refractivity contribution in [3.63, 3.8) is 0 Å². The van der Waals surface area contributed by atoms with E-state index in [1.807, 2.05) is 0 Å². The van der Waals surface area contributed by atoms with E-state index < -0.39 is 22.7 Å². The van der Waals surface area contributed by atoms with Crippen molar-refractivity contribution in [3.8, 4) is 0 Å². The van der Waals surface area contributed by atoms with E-state index in [2.05, 4.69) is 20.3 Å². The van der Waals surface area contributed by atoms with Crippen LogP contribution < -0.4 is 5.32 Å². The maximum absolute atomic E-state index is 12.9. The van der Waals surface area contributed by atoms with Crippen LogP contribution >= 0.6 is 11.3 Å². The monoisotopic (exact) mass is 368 g/mol. The first-order chi connectivity index (χ1) is 11.8. The molecule has 0 aliphatic rings. The number of thiophene rings is 1. The molecule has 10 heteroatoms. The fourth-order valence-corrected chi connectivity index (χ4v) is 3.13. The molecule has 3 aromatic rings. The van der Waals surface area contributed by atoms with Gasteiger partial charge in [-0.1, -0.05) is 6.07 Å². The molecule has 0 unspecified atom stereocenters. The lowest BCUT2D eigenvalue weighted by Gasteiger charge is -2.14. The van der Waals surface area contributed by atoms with Gasteiger partial charge in [-0.05, 0) is 24.6 Å². The molecular formula is C15H11F3N4O2S. The Morgan fingerprint density at radius 1 is 1.36 bits per heavy atom. The number of halogens is 3.